The highest BCUT2D eigenvalue weighted by Crippen LogP contribution is 2.76. The van der Waals surface area contributed by atoms with Crippen LogP contribution in [0.25, 0.3) is 88.3 Å². The Bertz CT molecular complexity index is 3780. The van der Waals surface area contributed by atoms with E-state index in [0.29, 0.717) is 6.04 Å². The first-order valence-corrected chi connectivity index (χ1v) is 24.6. The van der Waals surface area contributed by atoms with Crippen LogP contribution < -0.4 is 9.13 Å². The largest absolute Gasteiger partial charge is 0.309 e. The Labute approximate surface area is 393 Å². The molecule has 3 atom stereocenters. The molecule has 1 saturated carbocycles. The number of aryl methyl sites for hydroxylation is 3. The molecule has 1 fully saturated rings. The third-order valence-electron chi connectivity index (χ3n) is 16.5. The van der Waals surface area contributed by atoms with E-state index in [9.17, 15) is 0 Å². The fraction of sp³-hybridized carbons (Fsp3) is 0.206. The van der Waals surface area contributed by atoms with E-state index in [-0.39, 0.29) is 10.8 Å². The predicted octanol–water partition coefficient (Wildman–Crippen LogP) is 14.9. The van der Waals surface area contributed by atoms with Crippen molar-refractivity contribution in [2.75, 3.05) is 0 Å². The quantitative estimate of drug-likeness (QED) is 0.122. The maximum atomic E-state index is 2.70. The van der Waals surface area contributed by atoms with Gasteiger partial charge < -0.3 is 9.13 Å². The van der Waals surface area contributed by atoms with Gasteiger partial charge >= 0.3 is 0 Å². The van der Waals surface area contributed by atoms with Gasteiger partial charge in [-0.15, -0.1) is 0 Å². The van der Waals surface area contributed by atoms with Crippen LogP contribution in [-0.4, -0.2) is 9.13 Å². The summed E-state index contributed by atoms with van der Waals surface area (Å²) in [6, 6.07) is 66.6. The van der Waals surface area contributed by atoms with Gasteiger partial charge in [0.05, 0.1) is 44.0 Å². The first-order valence-electron chi connectivity index (χ1n) is 24.6. The van der Waals surface area contributed by atoms with Crippen molar-refractivity contribution >= 4 is 54.4 Å². The van der Waals surface area contributed by atoms with Gasteiger partial charge in [0.15, 0.2) is 18.4 Å². The number of hydrogen-bond acceptors (Lipinski definition) is 0. The molecule has 1 aliphatic heterocycles. The van der Waals surface area contributed by atoms with Crippen molar-refractivity contribution in [1.82, 2.24) is 9.13 Å². The summed E-state index contributed by atoms with van der Waals surface area (Å²) >= 11 is 0. The molecule has 0 N–H and O–H groups in total. The molecular formula is C63H56N4+2. The minimum Gasteiger partial charge on any atom is -0.309 e. The standard InChI is InChI=1S/C63H56N4/c1-5-7-20-43-21-19-27-49-46(43)34-37-65-60(49)50-26-11-14-28-54(50)63(61(65)62(63,4)6-2)35-38-64-36-18-17-29-55(64)51-39-45(33-32-42(51)3)67-57-31-16-13-25-48(57)53-40-52-47-24-12-15-30-56(47)66(58(52)41-59(53)67)44-22-9-8-10-23-44/h8-19,21-34,36-37,39-41,61H,5-7,20,35,38H2,1-4H3/q+2. The molecule has 1 aliphatic carbocycles. The average Bonchev–Trinajstić information content (AvgIpc) is 3.58. The molecule has 0 bridgehead atoms. The Kier molecular flexibility index (Phi) is 9.03. The van der Waals surface area contributed by atoms with Crippen LogP contribution in [0.3, 0.4) is 0 Å². The summed E-state index contributed by atoms with van der Waals surface area (Å²) in [7, 11) is 0. The highest BCUT2D eigenvalue weighted by atomic mass is 15.1. The maximum absolute atomic E-state index is 2.70. The maximum Gasteiger partial charge on any atom is 0.220 e. The van der Waals surface area contributed by atoms with Crippen LogP contribution in [0.4, 0.5) is 0 Å². The molecule has 5 heterocycles. The monoisotopic (exact) mass is 868 g/mol. The number of hydrogen-bond donors (Lipinski definition) is 0. The Balaban J connectivity index is 0.928. The molecule has 67 heavy (non-hydrogen) atoms. The zero-order valence-electron chi connectivity index (χ0n) is 39.0. The van der Waals surface area contributed by atoms with E-state index < -0.39 is 0 Å². The molecule has 2 aliphatic rings. The number of benzene rings is 7. The first-order chi connectivity index (χ1) is 32.9. The molecule has 3 unspecified atom stereocenters. The highest BCUT2D eigenvalue weighted by molar-refractivity contribution is 6.19. The number of rotatable bonds is 10. The molecule has 0 spiro atoms. The third kappa shape index (κ3) is 5.65. The van der Waals surface area contributed by atoms with Crippen molar-refractivity contribution in [3.8, 4) is 33.9 Å². The molecule has 4 aromatic heterocycles. The summed E-state index contributed by atoms with van der Waals surface area (Å²) in [5.41, 5.74) is 16.9. The minimum absolute atomic E-state index is 0.0109. The normalized spacial score (nSPS) is 18.5. The van der Waals surface area contributed by atoms with E-state index in [1.165, 1.54) is 118 Å². The second-order valence-electron chi connectivity index (χ2n) is 19.7. The number of para-hydroxylation sites is 3. The topological polar surface area (TPSA) is 17.6 Å². The van der Waals surface area contributed by atoms with Crippen molar-refractivity contribution in [2.45, 2.75) is 77.8 Å². The SMILES string of the molecule is CCCCc1cccc2c3[n+](ccc12)C1C(C)(CC)C1(CC[n+]1ccccc1-c1cc(-n2c4ccccc4c4cc5c6ccccc6n(-c6ccccc6)c5cc42)ccc1C)c1ccccc1-3. The zero-order chi connectivity index (χ0) is 45.0. The second-order valence-corrected chi connectivity index (χ2v) is 19.7. The van der Waals surface area contributed by atoms with E-state index in [0.717, 1.165) is 25.8 Å². The van der Waals surface area contributed by atoms with Crippen LogP contribution in [-0.2, 0) is 18.4 Å². The summed E-state index contributed by atoms with van der Waals surface area (Å²) in [6.07, 6.45) is 10.5. The van der Waals surface area contributed by atoms with Crippen molar-refractivity contribution in [3.05, 3.63) is 205 Å². The van der Waals surface area contributed by atoms with Gasteiger partial charge in [0.25, 0.3) is 0 Å². The summed E-state index contributed by atoms with van der Waals surface area (Å²) in [6.45, 7) is 10.5. The van der Waals surface area contributed by atoms with Crippen molar-refractivity contribution in [3.63, 3.8) is 0 Å². The Morgan fingerprint density at radius 2 is 1.22 bits per heavy atom. The molecule has 4 heteroatoms. The average molecular weight is 869 g/mol. The van der Waals surface area contributed by atoms with E-state index in [1.807, 2.05) is 0 Å². The van der Waals surface area contributed by atoms with Gasteiger partial charge in [0.2, 0.25) is 11.4 Å². The summed E-state index contributed by atoms with van der Waals surface area (Å²) in [4.78, 5) is 0. The van der Waals surface area contributed by atoms with Crippen LogP contribution in [0.2, 0.25) is 0 Å². The number of aromatic nitrogens is 4. The zero-order valence-corrected chi connectivity index (χ0v) is 39.0. The van der Waals surface area contributed by atoms with Crippen molar-refractivity contribution < 1.29 is 9.13 Å². The second kappa shape index (κ2) is 15.1. The molecule has 326 valence electrons. The molecule has 13 rings (SSSR count). The number of fused-ring (bicyclic) bond motifs is 14. The molecule has 0 radical (unpaired) electrons. The van der Waals surface area contributed by atoms with Gasteiger partial charge in [-0.2, -0.15) is 9.13 Å². The predicted molar refractivity (Wildman–Crippen MR) is 277 cm³/mol. The lowest BCUT2D eigenvalue weighted by Crippen LogP contribution is -2.44. The summed E-state index contributed by atoms with van der Waals surface area (Å²) in [5, 5.41) is 7.88. The smallest absolute Gasteiger partial charge is 0.220 e. The lowest BCUT2D eigenvalue weighted by atomic mass is 9.78. The van der Waals surface area contributed by atoms with Gasteiger partial charge in [-0.3, -0.25) is 0 Å². The van der Waals surface area contributed by atoms with Crippen LogP contribution in [0.1, 0.15) is 69.2 Å². The molecule has 7 aromatic carbocycles. The fourth-order valence-electron chi connectivity index (χ4n) is 13.1. The third-order valence-corrected chi connectivity index (χ3v) is 16.5. The molecule has 11 aromatic rings. The van der Waals surface area contributed by atoms with E-state index in [4.69, 9.17) is 0 Å². The number of unbranched alkanes of at least 4 members (excludes halogenated alkanes) is 1. The van der Waals surface area contributed by atoms with Gasteiger partial charge in [-0.25, -0.2) is 0 Å². The van der Waals surface area contributed by atoms with Gasteiger partial charge in [-0.1, -0.05) is 118 Å². The summed E-state index contributed by atoms with van der Waals surface area (Å²) < 4.78 is 10.2. The van der Waals surface area contributed by atoms with Gasteiger partial charge in [0.1, 0.15) is 6.54 Å². The molecule has 0 amide bonds. The first kappa shape index (κ1) is 40.0. The minimum atomic E-state index is 0.0109. The Hall–Kier alpha value is -7.30. The van der Waals surface area contributed by atoms with Crippen molar-refractivity contribution in [1.29, 1.82) is 0 Å². The van der Waals surface area contributed by atoms with E-state index in [1.54, 1.807) is 0 Å². The molecular weight excluding hydrogens is 813 g/mol. The van der Waals surface area contributed by atoms with Crippen molar-refractivity contribution in [2.24, 2.45) is 5.41 Å². The van der Waals surface area contributed by atoms with Gasteiger partial charge in [0, 0.05) is 63.0 Å². The van der Waals surface area contributed by atoms with E-state index in [2.05, 4.69) is 234 Å². The fourth-order valence-corrected chi connectivity index (χ4v) is 13.1. The molecule has 4 nitrogen and oxygen atoms in total. The van der Waals surface area contributed by atoms with E-state index >= 15 is 0 Å². The number of nitrogens with zero attached hydrogens (tertiary/aromatic N) is 4. The van der Waals surface area contributed by atoms with Crippen LogP contribution >= 0.6 is 0 Å². The van der Waals surface area contributed by atoms with Gasteiger partial charge in [-0.05, 0) is 115 Å². The Morgan fingerprint density at radius 1 is 0.537 bits per heavy atom. The lowest BCUT2D eigenvalue weighted by molar-refractivity contribution is -0.704. The lowest BCUT2D eigenvalue weighted by Gasteiger charge is -2.25. The highest BCUT2D eigenvalue weighted by Gasteiger charge is 2.82. The van der Waals surface area contributed by atoms with Crippen LogP contribution in [0, 0.1) is 12.3 Å². The summed E-state index contributed by atoms with van der Waals surface area (Å²) in [5.74, 6) is 0. The van der Waals surface area contributed by atoms with Crippen LogP contribution in [0.15, 0.2) is 188 Å². The van der Waals surface area contributed by atoms with Crippen LogP contribution in [0.5, 0.6) is 0 Å². The Morgan fingerprint density at radius 3 is 1.99 bits per heavy atom. The number of pyridine rings is 2. The molecule has 0 saturated heterocycles.